The number of nitrogens with two attached hydrogens (primary N) is 1. The van der Waals surface area contributed by atoms with Gasteiger partial charge in [-0.2, -0.15) is 9.97 Å². The highest BCUT2D eigenvalue weighted by atomic mass is 16.5. The number of aryl methyl sites for hydroxylation is 1. The third-order valence-corrected chi connectivity index (χ3v) is 6.30. The number of methoxy groups -OCH3 is 2. The van der Waals surface area contributed by atoms with Crippen molar-refractivity contribution in [3.8, 4) is 22.8 Å². The third-order valence-electron chi connectivity index (χ3n) is 6.30. The van der Waals surface area contributed by atoms with Gasteiger partial charge in [-0.15, -0.1) is 0 Å². The largest absolute Gasteiger partial charge is 0.493 e. The van der Waals surface area contributed by atoms with Crippen molar-refractivity contribution in [3.05, 3.63) is 59.8 Å². The van der Waals surface area contributed by atoms with E-state index < -0.39 is 0 Å². The van der Waals surface area contributed by atoms with Gasteiger partial charge in [-0.05, 0) is 37.1 Å². The zero-order chi connectivity index (χ0) is 24.4. The molecule has 0 amide bonds. The highest BCUT2D eigenvalue weighted by Crippen LogP contribution is 2.33. The molecule has 180 valence electrons. The first-order valence-electron chi connectivity index (χ1n) is 11.6. The SMILES string of the molecule is COc1ccc(-c2cnc3nc(N)nc(N4CCNCC4Cc4ccc(C)cc4)c3n2)cc1OC. The Hall–Kier alpha value is -3.98. The smallest absolute Gasteiger partial charge is 0.224 e. The number of nitrogen functional groups attached to an aromatic ring is 1. The molecular formula is C26H29N7O2. The minimum Gasteiger partial charge on any atom is -0.493 e. The van der Waals surface area contributed by atoms with Crippen LogP contribution < -0.4 is 25.4 Å². The molecule has 2 aromatic carbocycles. The van der Waals surface area contributed by atoms with Gasteiger partial charge in [0.1, 0.15) is 0 Å². The van der Waals surface area contributed by atoms with E-state index in [1.807, 2.05) is 18.2 Å². The van der Waals surface area contributed by atoms with Crippen LogP contribution in [-0.4, -0.2) is 59.8 Å². The van der Waals surface area contributed by atoms with Gasteiger partial charge in [-0.3, -0.25) is 0 Å². The van der Waals surface area contributed by atoms with E-state index in [0.717, 1.165) is 31.6 Å². The van der Waals surface area contributed by atoms with E-state index in [1.54, 1.807) is 20.4 Å². The summed E-state index contributed by atoms with van der Waals surface area (Å²) in [6.45, 7) is 4.56. The molecule has 2 aromatic heterocycles. The van der Waals surface area contributed by atoms with Gasteiger partial charge >= 0.3 is 0 Å². The van der Waals surface area contributed by atoms with Crippen LogP contribution in [0.25, 0.3) is 22.4 Å². The summed E-state index contributed by atoms with van der Waals surface area (Å²) >= 11 is 0. The normalized spacial score (nSPS) is 15.9. The van der Waals surface area contributed by atoms with Crippen molar-refractivity contribution in [1.82, 2.24) is 25.3 Å². The lowest BCUT2D eigenvalue weighted by Crippen LogP contribution is -2.52. The molecule has 0 radical (unpaired) electrons. The Morgan fingerprint density at radius 3 is 2.60 bits per heavy atom. The average Bonchev–Trinajstić information content (AvgIpc) is 2.89. The molecule has 9 heteroatoms. The molecule has 1 fully saturated rings. The van der Waals surface area contributed by atoms with Gasteiger partial charge in [0.2, 0.25) is 5.95 Å². The quantitative estimate of drug-likeness (QED) is 0.438. The highest BCUT2D eigenvalue weighted by Gasteiger charge is 2.27. The predicted molar refractivity (Wildman–Crippen MR) is 137 cm³/mol. The van der Waals surface area contributed by atoms with Crippen molar-refractivity contribution in [2.45, 2.75) is 19.4 Å². The highest BCUT2D eigenvalue weighted by molar-refractivity contribution is 5.86. The first kappa shape index (κ1) is 22.8. The second-order valence-corrected chi connectivity index (χ2v) is 8.64. The number of hydrogen-bond donors (Lipinski definition) is 2. The zero-order valence-corrected chi connectivity index (χ0v) is 20.2. The van der Waals surface area contributed by atoms with Gasteiger partial charge in [-0.1, -0.05) is 29.8 Å². The van der Waals surface area contributed by atoms with Gasteiger partial charge in [0.25, 0.3) is 0 Å². The summed E-state index contributed by atoms with van der Waals surface area (Å²) in [6.07, 6.45) is 2.57. The molecule has 0 spiro atoms. The maximum atomic E-state index is 6.10. The van der Waals surface area contributed by atoms with Crippen molar-refractivity contribution in [3.63, 3.8) is 0 Å². The van der Waals surface area contributed by atoms with Crippen LogP contribution in [0.3, 0.4) is 0 Å². The fourth-order valence-electron chi connectivity index (χ4n) is 4.46. The molecule has 9 nitrogen and oxygen atoms in total. The molecule has 1 aliphatic rings. The predicted octanol–water partition coefficient (Wildman–Crippen LogP) is 3.02. The number of nitrogens with zero attached hydrogens (tertiary/aromatic N) is 5. The summed E-state index contributed by atoms with van der Waals surface area (Å²) < 4.78 is 10.8. The van der Waals surface area contributed by atoms with Crippen LogP contribution in [0.1, 0.15) is 11.1 Å². The number of fused-ring (bicyclic) bond motifs is 1. The molecule has 0 aliphatic carbocycles. The Bertz CT molecular complexity index is 1340. The number of nitrogens with one attached hydrogen (secondary N) is 1. The van der Waals surface area contributed by atoms with Gasteiger partial charge in [0.15, 0.2) is 28.5 Å². The maximum absolute atomic E-state index is 6.10. The molecule has 5 rings (SSSR count). The summed E-state index contributed by atoms with van der Waals surface area (Å²) in [6, 6.07) is 14.5. The zero-order valence-electron chi connectivity index (χ0n) is 20.2. The van der Waals surface area contributed by atoms with E-state index in [1.165, 1.54) is 11.1 Å². The molecule has 1 atom stereocenters. The number of ether oxygens (including phenoxy) is 2. The van der Waals surface area contributed by atoms with Crippen molar-refractivity contribution in [2.75, 3.05) is 44.5 Å². The van der Waals surface area contributed by atoms with Crippen molar-refractivity contribution < 1.29 is 9.47 Å². The molecule has 35 heavy (non-hydrogen) atoms. The summed E-state index contributed by atoms with van der Waals surface area (Å²) in [5, 5.41) is 3.51. The summed E-state index contributed by atoms with van der Waals surface area (Å²) in [7, 11) is 3.23. The van der Waals surface area contributed by atoms with E-state index in [-0.39, 0.29) is 12.0 Å². The van der Waals surface area contributed by atoms with Gasteiger partial charge in [0, 0.05) is 31.2 Å². The number of benzene rings is 2. The maximum Gasteiger partial charge on any atom is 0.224 e. The lowest BCUT2D eigenvalue weighted by Gasteiger charge is -2.37. The third kappa shape index (κ3) is 4.67. The number of anilines is 2. The number of hydrogen-bond acceptors (Lipinski definition) is 9. The topological polar surface area (TPSA) is 111 Å². The van der Waals surface area contributed by atoms with Crippen LogP contribution in [0.15, 0.2) is 48.7 Å². The monoisotopic (exact) mass is 471 g/mol. The lowest BCUT2D eigenvalue weighted by molar-refractivity contribution is 0.355. The van der Waals surface area contributed by atoms with Crippen LogP contribution in [0.2, 0.25) is 0 Å². The first-order chi connectivity index (χ1) is 17.1. The Morgan fingerprint density at radius 1 is 1.03 bits per heavy atom. The Labute approximate surface area is 204 Å². The molecule has 1 aliphatic heterocycles. The van der Waals surface area contributed by atoms with E-state index in [2.05, 4.69) is 56.4 Å². The summed E-state index contributed by atoms with van der Waals surface area (Å²) in [5.41, 5.74) is 11.3. The van der Waals surface area contributed by atoms with Gasteiger partial charge in [-0.25, -0.2) is 9.97 Å². The number of piperazine rings is 1. The first-order valence-corrected chi connectivity index (χ1v) is 11.6. The molecule has 3 heterocycles. The molecule has 3 N–H and O–H groups in total. The Kier molecular flexibility index (Phi) is 6.33. The molecule has 4 aromatic rings. The van der Waals surface area contributed by atoms with E-state index in [4.69, 9.17) is 20.2 Å². The standard InChI is InChI=1S/C26H29N7O2/c1-16-4-6-17(7-5-16)12-19-14-28-10-11-33(19)25-23-24(31-26(27)32-25)29-15-20(30-23)18-8-9-21(34-2)22(13-18)35-3/h4-9,13,15,19,28H,10-12,14H2,1-3H3,(H2,27,29,31,32). The van der Waals surface area contributed by atoms with E-state index >= 15 is 0 Å². The van der Waals surface area contributed by atoms with Crippen molar-refractivity contribution in [2.24, 2.45) is 0 Å². The minimum absolute atomic E-state index is 0.188. The summed E-state index contributed by atoms with van der Waals surface area (Å²) in [5.74, 6) is 2.18. The second kappa shape index (κ2) is 9.71. The number of rotatable bonds is 6. The van der Waals surface area contributed by atoms with Gasteiger partial charge in [0.05, 0.1) is 26.1 Å². The molecule has 0 saturated carbocycles. The van der Waals surface area contributed by atoms with E-state index in [0.29, 0.717) is 34.2 Å². The fraction of sp³-hybridized carbons (Fsp3) is 0.308. The van der Waals surface area contributed by atoms with Crippen LogP contribution in [-0.2, 0) is 6.42 Å². The van der Waals surface area contributed by atoms with Crippen molar-refractivity contribution in [1.29, 1.82) is 0 Å². The summed E-state index contributed by atoms with van der Waals surface area (Å²) in [4.78, 5) is 20.8. The minimum atomic E-state index is 0.188. The molecular weight excluding hydrogens is 442 g/mol. The molecule has 1 saturated heterocycles. The Morgan fingerprint density at radius 2 is 1.83 bits per heavy atom. The lowest BCUT2D eigenvalue weighted by atomic mass is 10.0. The molecule has 0 bridgehead atoms. The van der Waals surface area contributed by atoms with E-state index in [9.17, 15) is 0 Å². The van der Waals surface area contributed by atoms with Crippen molar-refractivity contribution >= 4 is 22.9 Å². The second-order valence-electron chi connectivity index (χ2n) is 8.64. The van der Waals surface area contributed by atoms with Crippen LogP contribution >= 0.6 is 0 Å². The average molecular weight is 472 g/mol. The fourth-order valence-corrected chi connectivity index (χ4v) is 4.46. The van der Waals surface area contributed by atoms with Gasteiger partial charge < -0.3 is 25.4 Å². The van der Waals surface area contributed by atoms with Crippen LogP contribution in [0, 0.1) is 6.92 Å². The number of aromatic nitrogens is 4. The molecule has 1 unspecified atom stereocenters. The van der Waals surface area contributed by atoms with Crippen LogP contribution in [0.5, 0.6) is 11.5 Å². The Balaban J connectivity index is 1.56. The van der Waals surface area contributed by atoms with Crippen LogP contribution in [0.4, 0.5) is 11.8 Å².